The summed E-state index contributed by atoms with van der Waals surface area (Å²) in [6, 6.07) is 0. The van der Waals surface area contributed by atoms with Gasteiger partial charge in [-0.25, -0.2) is 0 Å². The second kappa shape index (κ2) is 4.97. The van der Waals surface area contributed by atoms with E-state index in [2.05, 4.69) is 10.1 Å². The van der Waals surface area contributed by atoms with Gasteiger partial charge in [0.1, 0.15) is 12.2 Å². The van der Waals surface area contributed by atoms with Gasteiger partial charge in [0.05, 0.1) is 7.11 Å². The lowest BCUT2D eigenvalue weighted by Crippen LogP contribution is -2.35. The molecule has 4 nitrogen and oxygen atoms in total. The third kappa shape index (κ3) is 3.14. The number of rotatable bonds is 3. The molecule has 1 rings (SSSR count). The first-order valence-electron chi connectivity index (χ1n) is 4.54. The van der Waals surface area contributed by atoms with Crippen molar-refractivity contribution >= 4 is 11.8 Å². The van der Waals surface area contributed by atoms with Crippen molar-refractivity contribution in [2.75, 3.05) is 20.2 Å². The van der Waals surface area contributed by atoms with E-state index in [9.17, 15) is 9.59 Å². The van der Waals surface area contributed by atoms with Crippen molar-refractivity contribution in [1.29, 1.82) is 0 Å². The average Bonchev–Trinajstić information content (AvgIpc) is 2.19. The van der Waals surface area contributed by atoms with Crippen LogP contribution in [0.3, 0.4) is 0 Å². The van der Waals surface area contributed by atoms with Gasteiger partial charge in [-0.15, -0.1) is 0 Å². The standard InChI is InChI=1S/C9H15NO3/c1-13-9(12)5-8(11)7-3-2-4-10-6-7/h7,10H,2-6H2,1H3/t7-/m0/s1. The van der Waals surface area contributed by atoms with Crippen LogP contribution in [0.1, 0.15) is 19.3 Å². The van der Waals surface area contributed by atoms with E-state index in [1.807, 2.05) is 0 Å². The average molecular weight is 185 g/mol. The fourth-order valence-electron chi connectivity index (χ4n) is 1.49. The number of ketones is 1. The van der Waals surface area contributed by atoms with Crippen molar-refractivity contribution < 1.29 is 14.3 Å². The Balaban J connectivity index is 2.33. The topological polar surface area (TPSA) is 55.4 Å². The second-order valence-electron chi connectivity index (χ2n) is 3.26. The molecule has 0 spiro atoms. The molecule has 0 aliphatic carbocycles. The van der Waals surface area contributed by atoms with Crippen LogP contribution in [0.25, 0.3) is 0 Å². The monoisotopic (exact) mass is 185 g/mol. The maximum Gasteiger partial charge on any atom is 0.313 e. The van der Waals surface area contributed by atoms with Crippen molar-refractivity contribution in [2.45, 2.75) is 19.3 Å². The smallest absolute Gasteiger partial charge is 0.313 e. The number of ether oxygens (including phenoxy) is 1. The van der Waals surface area contributed by atoms with E-state index in [1.54, 1.807) is 0 Å². The molecular formula is C9H15NO3. The van der Waals surface area contributed by atoms with Crippen LogP contribution >= 0.6 is 0 Å². The molecule has 1 heterocycles. The molecule has 0 aromatic heterocycles. The Labute approximate surface area is 77.6 Å². The quantitative estimate of drug-likeness (QED) is 0.501. The zero-order chi connectivity index (χ0) is 9.68. The third-order valence-corrected chi connectivity index (χ3v) is 2.30. The summed E-state index contributed by atoms with van der Waals surface area (Å²) in [5, 5.41) is 3.13. The number of carbonyl (C=O) groups excluding carboxylic acids is 2. The fraction of sp³-hybridized carbons (Fsp3) is 0.778. The summed E-state index contributed by atoms with van der Waals surface area (Å²) >= 11 is 0. The first-order chi connectivity index (χ1) is 6.24. The molecule has 74 valence electrons. The molecule has 1 atom stereocenters. The summed E-state index contributed by atoms with van der Waals surface area (Å²) in [6.07, 6.45) is 1.82. The van der Waals surface area contributed by atoms with E-state index in [1.165, 1.54) is 7.11 Å². The summed E-state index contributed by atoms with van der Waals surface area (Å²) in [5.74, 6) is -0.428. The van der Waals surface area contributed by atoms with Crippen LogP contribution in [-0.2, 0) is 14.3 Å². The van der Waals surface area contributed by atoms with Crippen LogP contribution in [0.4, 0.5) is 0 Å². The molecule has 0 saturated carbocycles. The minimum absolute atomic E-state index is 0.000880. The van der Waals surface area contributed by atoms with Crippen LogP contribution in [0.15, 0.2) is 0 Å². The number of nitrogens with one attached hydrogen (secondary N) is 1. The van der Waals surface area contributed by atoms with E-state index in [-0.39, 0.29) is 18.1 Å². The lowest BCUT2D eigenvalue weighted by atomic mass is 9.93. The van der Waals surface area contributed by atoms with Crippen molar-refractivity contribution in [3.05, 3.63) is 0 Å². The molecule has 1 aliphatic rings. The van der Waals surface area contributed by atoms with E-state index in [4.69, 9.17) is 0 Å². The van der Waals surface area contributed by atoms with E-state index >= 15 is 0 Å². The summed E-state index contributed by atoms with van der Waals surface area (Å²) < 4.78 is 4.43. The lowest BCUT2D eigenvalue weighted by molar-refractivity contribution is -0.144. The predicted octanol–water partition coefficient (Wildman–Crippen LogP) is 0.118. The second-order valence-corrected chi connectivity index (χ2v) is 3.26. The Morgan fingerprint density at radius 3 is 2.85 bits per heavy atom. The van der Waals surface area contributed by atoms with Gasteiger partial charge >= 0.3 is 5.97 Å². The molecular weight excluding hydrogens is 170 g/mol. The summed E-state index contributed by atoms with van der Waals surface area (Å²) in [4.78, 5) is 22.2. The zero-order valence-electron chi connectivity index (χ0n) is 7.84. The number of hydrogen-bond donors (Lipinski definition) is 1. The molecule has 4 heteroatoms. The molecule has 1 saturated heterocycles. The highest BCUT2D eigenvalue weighted by molar-refractivity contribution is 5.96. The first-order valence-corrected chi connectivity index (χ1v) is 4.54. The van der Waals surface area contributed by atoms with Gasteiger partial charge in [0.25, 0.3) is 0 Å². The molecule has 13 heavy (non-hydrogen) atoms. The van der Waals surface area contributed by atoms with Gasteiger partial charge in [-0.2, -0.15) is 0 Å². The number of hydrogen-bond acceptors (Lipinski definition) is 4. The molecule has 0 bridgehead atoms. The molecule has 0 aromatic carbocycles. The minimum atomic E-state index is -0.435. The van der Waals surface area contributed by atoms with Crippen molar-refractivity contribution in [3.8, 4) is 0 Å². The molecule has 1 N–H and O–H groups in total. The van der Waals surface area contributed by atoms with Gasteiger partial charge in [0.2, 0.25) is 0 Å². The van der Waals surface area contributed by atoms with Crippen LogP contribution in [-0.4, -0.2) is 32.0 Å². The van der Waals surface area contributed by atoms with Crippen LogP contribution in [0.2, 0.25) is 0 Å². The fourth-order valence-corrected chi connectivity index (χ4v) is 1.49. The zero-order valence-corrected chi connectivity index (χ0v) is 7.84. The van der Waals surface area contributed by atoms with Crippen LogP contribution in [0, 0.1) is 5.92 Å². The molecule has 0 unspecified atom stereocenters. The largest absolute Gasteiger partial charge is 0.469 e. The number of piperidine rings is 1. The molecule has 0 radical (unpaired) electrons. The summed E-state index contributed by atoms with van der Waals surface area (Å²) in [7, 11) is 1.30. The van der Waals surface area contributed by atoms with Gasteiger partial charge in [-0.05, 0) is 19.4 Å². The number of methoxy groups -OCH3 is 1. The third-order valence-electron chi connectivity index (χ3n) is 2.30. The molecule has 1 aliphatic heterocycles. The van der Waals surface area contributed by atoms with Gasteiger partial charge in [-0.3, -0.25) is 9.59 Å². The predicted molar refractivity (Wildman–Crippen MR) is 47.2 cm³/mol. The van der Waals surface area contributed by atoms with E-state index < -0.39 is 5.97 Å². The van der Waals surface area contributed by atoms with E-state index in [0.717, 1.165) is 19.4 Å². The minimum Gasteiger partial charge on any atom is -0.469 e. The Morgan fingerprint density at radius 2 is 2.31 bits per heavy atom. The molecule has 0 amide bonds. The Morgan fingerprint density at radius 1 is 1.54 bits per heavy atom. The van der Waals surface area contributed by atoms with Crippen molar-refractivity contribution in [3.63, 3.8) is 0 Å². The highest BCUT2D eigenvalue weighted by Crippen LogP contribution is 2.12. The highest BCUT2D eigenvalue weighted by Gasteiger charge is 2.22. The van der Waals surface area contributed by atoms with Gasteiger partial charge in [0.15, 0.2) is 0 Å². The molecule has 0 aromatic rings. The summed E-state index contributed by atoms with van der Waals surface area (Å²) in [6.45, 7) is 1.68. The van der Waals surface area contributed by atoms with Crippen LogP contribution in [0.5, 0.6) is 0 Å². The Bertz CT molecular complexity index is 197. The normalized spacial score (nSPS) is 22.4. The Kier molecular flexibility index (Phi) is 3.89. The summed E-state index contributed by atoms with van der Waals surface area (Å²) in [5.41, 5.74) is 0. The Hall–Kier alpha value is -0.900. The van der Waals surface area contributed by atoms with Crippen molar-refractivity contribution in [1.82, 2.24) is 5.32 Å². The van der Waals surface area contributed by atoms with Crippen molar-refractivity contribution in [2.24, 2.45) is 5.92 Å². The molecule has 1 fully saturated rings. The number of carbonyl (C=O) groups is 2. The maximum absolute atomic E-state index is 11.4. The SMILES string of the molecule is COC(=O)CC(=O)[C@H]1CCCNC1. The van der Waals surface area contributed by atoms with Gasteiger partial charge in [-0.1, -0.05) is 0 Å². The number of Topliss-reactive ketones (excluding diaryl/α,β-unsaturated/α-hetero) is 1. The first kappa shape index (κ1) is 10.2. The highest BCUT2D eigenvalue weighted by atomic mass is 16.5. The maximum atomic E-state index is 11.4. The number of esters is 1. The van der Waals surface area contributed by atoms with Gasteiger partial charge in [0, 0.05) is 12.5 Å². The van der Waals surface area contributed by atoms with E-state index in [0.29, 0.717) is 6.54 Å². The van der Waals surface area contributed by atoms with Gasteiger partial charge < -0.3 is 10.1 Å². The van der Waals surface area contributed by atoms with Crippen LogP contribution < -0.4 is 5.32 Å². The lowest BCUT2D eigenvalue weighted by Gasteiger charge is -2.20.